The lowest BCUT2D eigenvalue weighted by Gasteiger charge is -2.36. The molecule has 0 aliphatic carbocycles. The molecule has 0 aromatic rings. The van der Waals surface area contributed by atoms with Gasteiger partial charge in [-0.1, -0.05) is 41.5 Å². The highest BCUT2D eigenvalue weighted by atomic mass is 28.4. The Bertz CT molecular complexity index is 705. The molecule has 0 unspecified atom stereocenters. The summed E-state index contributed by atoms with van der Waals surface area (Å²) < 4.78 is 54.8. The zero-order valence-corrected chi connectivity index (χ0v) is 31.9. The van der Waals surface area contributed by atoms with E-state index in [0.717, 1.165) is 0 Å². The summed E-state index contributed by atoms with van der Waals surface area (Å²) >= 11 is 0. The maximum Gasteiger partial charge on any atom is 0.317 e. The molecule has 0 aromatic carbocycles. The summed E-state index contributed by atoms with van der Waals surface area (Å²) in [6.07, 6.45) is -0.464. The molecule has 0 saturated carbocycles. The van der Waals surface area contributed by atoms with E-state index in [-0.39, 0.29) is 36.5 Å². The van der Waals surface area contributed by atoms with Gasteiger partial charge in [0.25, 0.3) is 0 Å². The van der Waals surface area contributed by atoms with Crippen LogP contribution in [0, 0.1) is 0 Å². The van der Waals surface area contributed by atoms with Crippen LogP contribution in [0.3, 0.4) is 0 Å². The Labute approximate surface area is 274 Å². The second-order valence-corrected chi connectivity index (χ2v) is 23.1. The van der Waals surface area contributed by atoms with Crippen LogP contribution in [0.5, 0.6) is 0 Å². The minimum Gasteiger partial charge on any atom is -0.463 e. The van der Waals surface area contributed by atoms with Crippen LogP contribution < -0.4 is 0 Å². The van der Waals surface area contributed by atoms with Crippen LogP contribution in [0.4, 0.5) is 0 Å². The summed E-state index contributed by atoms with van der Waals surface area (Å²) in [4.78, 5) is 23.5. The van der Waals surface area contributed by atoms with Gasteiger partial charge in [-0.3, -0.25) is 9.59 Å². The zero-order chi connectivity index (χ0) is 34.2. The molecule has 0 radical (unpaired) electrons. The number of hydrogen-bond donors (Lipinski definition) is 0. The lowest BCUT2D eigenvalue weighted by atomic mass is 10.2. The molecule has 0 aliphatic rings. The van der Waals surface area contributed by atoms with E-state index in [1.54, 1.807) is 0 Å². The zero-order valence-electron chi connectivity index (χ0n) is 29.9. The van der Waals surface area contributed by atoms with E-state index in [9.17, 15) is 9.59 Å². The standard InChI is InChI=1S/C31H64O12Si2/c1-30(2,3)44(7,8)42-25-21-38-17-13-34-11-15-36-19-23-40-28(32)27-29(33)41-24-20-37-16-12-35-14-18-39-22-26-43-45(9,10)31(4,5)6/h11-27H2,1-10H3. The average Bonchev–Trinajstić information content (AvgIpc) is 2.92. The largest absolute Gasteiger partial charge is 0.463 e. The Kier molecular flexibility index (Phi) is 23.7. The third-order valence-electron chi connectivity index (χ3n) is 7.75. The third kappa shape index (κ3) is 23.9. The molecule has 12 nitrogen and oxygen atoms in total. The van der Waals surface area contributed by atoms with Gasteiger partial charge in [0.15, 0.2) is 16.6 Å². The SMILES string of the molecule is CC(C)(C)[Si](C)(C)OCCOCCOCCOCCOC(=O)CC(=O)OCCOCCOCCOCCO[Si](C)(C)C(C)(C)C. The Morgan fingerprint density at radius 3 is 0.867 bits per heavy atom. The summed E-state index contributed by atoms with van der Waals surface area (Å²) in [6.45, 7) is 28.3. The number of rotatable bonds is 28. The molecule has 0 fully saturated rings. The summed E-state index contributed by atoms with van der Waals surface area (Å²) in [7, 11) is -3.47. The quantitative estimate of drug-likeness (QED) is 0.0495. The fraction of sp³-hybridized carbons (Fsp3) is 0.935. The van der Waals surface area contributed by atoms with Crippen LogP contribution in [0.15, 0.2) is 0 Å². The lowest BCUT2D eigenvalue weighted by Crippen LogP contribution is -2.41. The minimum absolute atomic E-state index is 0.0440. The van der Waals surface area contributed by atoms with Gasteiger partial charge < -0.3 is 46.7 Å². The Balaban J connectivity index is 3.46. The Hall–Kier alpha value is -0.946. The number of ether oxygens (including phenoxy) is 8. The number of carbonyl (C=O) groups excluding carboxylic acids is 2. The van der Waals surface area contributed by atoms with Gasteiger partial charge in [0.2, 0.25) is 0 Å². The van der Waals surface area contributed by atoms with E-state index in [0.29, 0.717) is 79.3 Å². The first kappa shape index (κ1) is 44.1. The molecule has 14 heteroatoms. The average molecular weight is 685 g/mol. The minimum atomic E-state index is -1.73. The summed E-state index contributed by atoms with van der Waals surface area (Å²) in [5.74, 6) is -1.34. The molecule has 0 atom stereocenters. The maximum atomic E-state index is 11.8. The number of hydrogen-bond acceptors (Lipinski definition) is 12. The van der Waals surface area contributed by atoms with E-state index < -0.39 is 35.0 Å². The lowest BCUT2D eigenvalue weighted by molar-refractivity contribution is -0.156. The maximum absolute atomic E-state index is 11.8. The predicted octanol–water partition coefficient (Wildman–Crippen LogP) is 4.61. The van der Waals surface area contributed by atoms with Crippen molar-refractivity contribution >= 4 is 28.6 Å². The predicted molar refractivity (Wildman–Crippen MR) is 178 cm³/mol. The first-order valence-corrected chi connectivity index (χ1v) is 21.9. The van der Waals surface area contributed by atoms with Gasteiger partial charge in [-0.2, -0.15) is 0 Å². The van der Waals surface area contributed by atoms with Crippen LogP contribution >= 0.6 is 0 Å². The second-order valence-electron chi connectivity index (χ2n) is 13.5. The topological polar surface area (TPSA) is 126 Å². The van der Waals surface area contributed by atoms with Crippen molar-refractivity contribution in [2.75, 3.05) is 106 Å². The van der Waals surface area contributed by atoms with E-state index in [4.69, 9.17) is 46.7 Å². The highest BCUT2D eigenvalue weighted by Gasteiger charge is 2.37. The van der Waals surface area contributed by atoms with Gasteiger partial charge in [-0.25, -0.2) is 0 Å². The molecular formula is C31H64O12Si2. The van der Waals surface area contributed by atoms with Gasteiger partial charge in [-0.05, 0) is 36.3 Å². The summed E-state index contributed by atoms with van der Waals surface area (Å²) in [6, 6.07) is 0. The smallest absolute Gasteiger partial charge is 0.317 e. The Morgan fingerprint density at radius 2 is 0.622 bits per heavy atom. The third-order valence-corrected chi connectivity index (χ3v) is 16.8. The second kappa shape index (κ2) is 24.2. The molecule has 0 aromatic heterocycles. The van der Waals surface area contributed by atoms with Crippen molar-refractivity contribution < 1.29 is 56.3 Å². The van der Waals surface area contributed by atoms with Crippen LogP contribution in [-0.4, -0.2) is 134 Å². The van der Waals surface area contributed by atoms with Crippen molar-refractivity contribution in [1.29, 1.82) is 0 Å². The van der Waals surface area contributed by atoms with Gasteiger partial charge in [0.05, 0.1) is 92.5 Å². The molecule has 0 bridgehead atoms. The normalized spacial score (nSPS) is 12.8. The molecule has 0 saturated heterocycles. The van der Waals surface area contributed by atoms with Crippen molar-refractivity contribution in [3.8, 4) is 0 Å². The highest BCUT2D eigenvalue weighted by Crippen LogP contribution is 2.37. The van der Waals surface area contributed by atoms with Crippen molar-refractivity contribution in [3.05, 3.63) is 0 Å². The van der Waals surface area contributed by atoms with Crippen LogP contribution in [0.25, 0.3) is 0 Å². The molecular weight excluding hydrogens is 621 g/mol. The van der Waals surface area contributed by atoms with Crippen molar-refractivity contribution in [1.82, 2.24) is 0 Å². The van der Waals surface area contributed by atoms with E-state index >= 15 is 0 Å². The van der Waals surface area contributed by atoms with E-state index in [1.165, 1.54) is 0 Å². The van der Waals surface area contributed by atoms with Gasteiger partial charge >= 0.3 is 11.9 Å². The van der Waals surface area contributed by atoms with Gasteiger partial charge in [0.1, 0.15) is 19.6 Å². The molecule has 0 rings (SSSR count). The fourth-order valence-electron chi connectivity index (χ4n) is 2.88. The van der Waals surface area contributed by atoms with Gasteiger partial charge in [0, 0.05) is 0 Å². The van der Waals surface area contributed by atoms with Crippen molar-refractivity contribution in [2.45, 2.75) is 84.2 Å². The van der Waals surface area contributed by atoms with E-state index in [2.05, 4.69) is 67.7 Å². The molecule has 0 spiro atoms. The number of esters is 2. The first-order chi connectivity index (χ1) is 21.0. The molecule has 268 valence electrons. The van der Waals surface area contributed by atoms with E-state index in [1.807, 2.05) is 0 Å². The van der Waals surface area contributed by atoms with Crippen LogP contribution in [-0.2, 0) is 56.3 Å². The molecule has 45 heavy (non-hydrogen) atoms. The first-order valence-electron chi connectivity index (χ1n) is 16.1. The molecule has 0 aliphatic heterocycles. The highest BCUT2D eigenvalue weighted by molar-refractivity contribution is 6.74. The summed E-state index contributed by atoms with van der Waals surface area (Å²) in [5, 5.41) is 0.373. The Morgan fingerprint density at radius 1 is 0.400 bits per heavy atom. The number of carbonyl (C=O) groups is 2. The van der Waals surface area contributed by atoms with Crippen molar-refractivity contribution in [2.24, 2.45) is 0 Å². The summed E-state index contributed by atoms with van der Waals surface area (Å²) in [5.41, 5.74) is 0. The van der Waals surface area contributed by atoms with Crippen LogP contribution in [0.2, 0.25) is 36.3 Å². The monoisotopic (exact) mass is 684 g/mol. The molecule has 0 N–H and O–H groups in total. The van der Waals surface area contributed by atoms with Crippen molar-refractivity contribution in [3.63, 3.8) is 0 Å². The molecule has 0 heterocycles. The van der Waals surface area contributed by atoms with Gasteiger partial charge in [-0.15, -0.1) is 0 Å². The molecule has 0 amide bonds. The fourth-order valence-corrected chi connectivity index (χ4v) is 4.93. The van der Waals surface area contributed by atoms with Crippen LogP contribution in [0.1, 0.15) is 48.0 Å².